The van der Waals surface area contributed by atoms with E-state index in [1.807, 2.05) is 13.1 Å². The molecular formula is C29H44ClN3O. The van der Waals surface area contributed by atoms with Crippen LogP contribution >= 0.6 is 11.6 Å². The number of hydrogen-bond donors (Lipinski definition) is 3. The van der Waals surface area contributed by atoms with Crippen LogP contribution < -0.4 is 16.4 Å². The van der Waals surface area contributed by atoms with E-state index in [1.54, 1.807) is 7.11 Å². The van der Waals surface area contributed by atoms with Crippen molar-refractivity contribution in [3.63, 3.8) is 0 Å². The second-order valence-electron chi connectivity index (χ2n) is 10.4. The molecule has 0 bridgehead atoms. The molecule has 4 nitrogen and oxygen atoms in total. The van der Waals surface area contributed by atoms with E-state index in [2.05, 4.69) is 60.1 Å². The Bertz CT molecular complexity index is 865. The zero-order valence-corrected chi connectivity index (χ0v) is 22.1. The van der Waals surface area contributed by atoms with Crippen molar-refractivity contribution in [1.29, 1.82) is 0 Å². The van der Waals surface area contributed by atoms with E-state index in [0.717, 1.165) is 76.5 Å². The second-order valence-corrected chi connectivity index (χ2v) is 11.1. The Morgan fingerprint density at radius 3 is 2.74 bits per heavy atom. The van der Waals surface area contributed by atoms with Crippen molar-refractivity contribution in [3.8, 4) is 0 Å². The summed E-state index contributed by atoms with van der Waals surface area (Å²) in [4.78, 5) is -0.767. The molecule has 0 amide bonds. The van der Waals surface area contributed by atoms with Crippen LogP contribution in [0.2, 0.25) is 0 Å². The quantitative estimate of drug-likeness (QED) is 0.191. The van der Waals surface area contributed by atoms with E-state index in [0.29, 0.717) is 6.04 Å². The lowest BCUT2D eigenvalue weighted by Crippen LogP contribution is -2.46. The molecule has 0 aromatic carbocycles. The van der Waals surface area contributed by atoms with Crippen molar-refractivity contribution in [2.24, 2.45) is 11.1 Å². The van der Waals surface area contributed by atoms with Crippen LogP contribution in [0.15, 0.2) is 71.2 Å². The van der Waals surface area contributed by atoms with Gasteiger partial charge in [-0.3, -0.25) is 0 Å². The van der Waals surface area contributed by atoms with Crippen LogP contribution in [-0.4, -0.2) is 31.7 Å². The van der Waals surface area contributed by atoms with Crippen LogP contribution in [0, 0.1) is 5.41 Å². The highest BCUT2D eigenvalue weighted by molar-refractivity contribution is 6.24. The Kier molecular flexibility index (Phi) is 10.1. The summed E-state index contributed by atoms with van der Waals surface area (Å²) in [6.45, 7) is 3.39. The average molecular weight is 486 g/mol. The molecule has 1 aliphatic heterocycles. The summed E-state index contributed by atoms with van der Waals surface area (Å²) >= 11 is 6.67. The predicted octanol–water partition coefficient (Wildman–Crippen LogP) is 6.39. The fraction of sp³-hybridized carbons (Fsp3) is 0.586. The van der Waals surface area contributed by atoms with Crippen LogP contribution in [0.25, 0.3) is 0 Å². The van der Waals surface area contributed by atoms with Crippen molar-refractivity contribution < 1.29 is 4.74 Å². The summed E-state index contributed by atoms with van der Waals surface area (Å²) in [5, 5.41) is 7.02. The number of nitrogens with two attached hydrogens (primary N) is 1. The standard InChI is InChI=1S/C29H44ClN3O/c1-28(19-20-32-2)17-15-24(16-18-28)12-14-26-22-29(30,31)21-25(33-26)13-11-23-7-4-5-9-27(34-3)10-6-8-23/h4-5,8,10,15-17,22,25,32-33H,6-7,9,11-14,18-21,31H2,1-3H3/b5-4-,23-8+,27-10?/t25-,28+,29-/m0/s1. The molecule has 5 heteroatoms. The van der Waals surface area contributed by atoms with Gasteiger partial charge in [0.1, 0.15) is 5.00 Å². The Hall–Kier alpha value is -1.75. The number of alkyl halides is 1. The number of halogens is 1. The minimum absolute atomic E-state index is 0.267. The van der Waals surface area contributed by atoms with Crippen LogP contribution in [0.5, 0.6) is 0 Å². The maximum Gasteiger partial charge on any atom is 0.114 e. The van der Waals surface area contributed by atoms with Crippen LogP contribution in [0.1, 0.15) is 71.1 Å². The fourth-order valence-corrected chi connectivity index (χ4v) is 5.27. The molecule has 3 atom stereocenters. The Balaban J connectivity index is 1.51. The Morgan fingerprint density at radius 1 is 1.18 bits per heavy atom. The van der Waals surface area contributed by atoms with Crippen LogP contribution in [-0.2, 0) is 4.74 Å². The van der Waals surface area contributed by atoms with Gasteiger partial charge in [0.05, 0.1) is 12.9 Å². The lowest BCUT2D eigenvalue weighted by atomic mass is 9.78. The highest BCUT2D eigenvalue weighted by Gasteiger charge is 2.30. The third-order valence-corrected chi connectivity index (χ3v) is 7.48. The number of methoxy groups -OCH3 is 1. The average Bonchev–Trinajstić information content (AvgIpc) is 2.92. The van der Waals surface area contributed by atoms with Gasteiger partial charge in [0.2, 0.25) is 0 Å². The Morgan fingerprint density at radius 2 is 2.00 bits per heavy atom. The van der Waals surface area contributed by atoms with Crippen molar-refractivity contribution >= 4 is 11.6 Å². The first-order valence-electron chi connectivity index (χ1n) is 12.9. The molecule has 188 valence electrons. The highest BCUT2D eigenvalue weighted by Crippen LogP contribution is 2.34. The van der Waals surface area contributed by atoms with E-state index >= 15 is 0 Å². The summed E-state index contributed by atoms with van der Waals surface area (Å²) < 4.78 is 5.42. The highest BCUT2D eigenvalue weighted by atomic mass is 35.5. The largest absolute Gasteiger partial charge is 0.501 e. The van der Waals surface area contributed by atoms with Crippen molar-refractivity contribution in [1.82, 2.24) is 10.6 Å². The monoisotopic (exact) mass is 485 g/mol. The van der Waals surface area contributed by atoms with Crippen LogP contribution in [0.3, 0.4) is 0 Å². The van der Waals surface area contributed by atoms with Gasteiger partial charge in [-0.05, 0) is 82.5 Å². The van der Waals surface area contributed by atoms with Gasteiger partial charge in [-0.1, -0.05) is 66.1 Å². The SMILES string of the molecule is CNCC[C@]1(C)C=CC(CCC2=C[C@](N)(Cl)C[C@H](CC/C3=C/CC=C(OC)C/C=C\C3)N2)=CC1. The number of nitrogens with one attached hydrogen (secondary N) is 2. The summed E-state index contributed by atoms with van der Waals surface area (Å²) in [5.74, 6) is 1.04. The minimum Gasteiger partial charge on any atom is -0.501 e. The van der Waals surface area contributed by atoms with Gasteiger partial charge in [-0.15, -0.1) is 0 Å². The molecule has 4 N–H and O–H groups in total. The predicted molar refractivity (Wildman–Crippen MR) is 146 cm³/mol. The first-order valence-corrected chi connectivity index (χ1v) is 13.2. The first kappa shape index (κ1) is 26.8. The van der Waals surface area contributed by atoms with Crippen molar-refractivity contribution in [2.75, 3.05) is 20.7 Å². The maximum atomic E-state index is 6.67. The number of allylic oxidation sites excluding steroid dienone is 10. The molecule has 0 aromatic rings. The van der Waals surface area contributed by atoms with Gasteiger partial charge in [0.25, 0.3) is 0 Å². The van der Waals surface area contributed by atoms with E-state index < -0.39 is 5.00 Å². The molecule has 0 aromatic heterocycles. The molecule has 3 rings (SSSR count). The summed E-state index contributed by atoms with van der Waals surface area (Å²) in [5.41, 5.74) is 10.8. The van der Waals surface area contributed by atoms with E-state index in [-0.39, 0.29) is 5.41 Å². The molecule has 0 unspecified atom stereocenters. The lowest BCUT2D eigenvalue weighted by molar-refractivity contribution is 0.283. The molecule has 0 saturated carbocycles. The number of rotatable bonds is 10. The molecule has 0 fully saturated rings. The molecule has 0 saturated heterocycles. The summed E-state index contributed by atoms with van der Waals surface area (Å²) in [6, 6.07) is 0.297. The third-order valence-electron chi connectivity index (χ3n) is 7.22. The molecular weight excluding hydrogens is 442 g/mol. The van der Waals surface area contributed by atoms with E-state index in [4.69, 9.17) is 22.1 Å². The molecule has 1 heterocycles. The fourth-order valence-electron chi connectivity index (χ4n) is 4.96. The first-order chi connectivity index (χ1) is 16.3. The van der Waals surface area contributed by atoms with Gasteiger partial charge in [-0.25, -0.2) is 0 Å². The smallest absolute Gasteiger partial charge is 0.114 e. The van der Waals surface area contributed by atoms with Crippen molar-refractivity contribution in [2.45, 2.75) is 82.2 Å². The maximum absolute atomic E-state index is 6.67. The van der Waals surface area contributed by atoms with Gasteiger partial charge >= 0.3 is 0 Å². The topological polar surface area (TPSA) is 59.3 Å². The molecule has 0 radical (unpaired) electrons. The van der Waals surface area contributed by atoms with E-state index in [1.165, 1.54) is 16.8 Å². The summed E-state index contributed by atoms with van der Waals surface area (Å²) in [7, 11) is 3.77. The second kappa shape index (κ2) is 12.8. The van der Waals surface area contributed by atoms with Crippen LogP contribution in [0.4, 0.5) is 0 Å². The molecule has 2 aliphatic carbocycles. The zero-order valence-electron chi connectivity index (χ0n) is 21.3. The van der Waals surface area contributed by atoms with Gasteiger partial charge in [0.15, 0.2) is 0 Å². The van der Waals surface area contributed by atoms with Gasteiger partial charge in [0, 0.05) is 24.6 Å². The normalized spacial score (nSPS) is 32.1. The van der Waals surface area contributed by atoms with Gasteiger partial charge in [-0.2, -0.15) is 0 Å². The lowest BCUT2D eigenvalue weighted by Gasteiger charge is -2.34. The molecule has 3 aliphatic rings. The summed E-state index contributed by atoms with van der Waals surface area (Å²) in [6.07, 6.45) is 28.0. The Labute approximate surface area is 212 Å². The molecule has 0 spiro atoms. The number of ether oxygens (including phenoxy) is 1. The zero-order chi connectivity index (χ0) is 24.4. The number of hydrogen-bond acceptors (Lipinski definition) is 4. The molecule has 34 heavy (non-hydrogen) atoms. The minimum atomic E-state index is -0.767. The van der Waals surface area contributed by atoms with Crippen molar-refractivity contribution in [3.05, 3.63) is 71.2 Å². The van der Waals surface area contributed by atoms with E-state index in [9.17, 15) is 0 Å². The third kappa shape index (κ3) is 8.79. The van der Waals surface area contributed by atoms with Gasteiger partial charge < -0.3 is 21.1 Å².